The molecule has 0 aromatic heterocycles. The van der Waals surface area contributed by atoms with Gasteiger partial charge in [-0.05, 0) is 43.0 Å². The van der Waals surface area contributed by atoms with Crippen LogP contribution < -0.4 is 10.1 Å². The molecule has 0 bridgehead atoms. The van der Waals surface area contributed by atoms with Gasteiger partial charge in [-0.2, -0.15) is 0 Å². The highest BCUT2D eigenvalue weighted by Gasteiger charge is 2.31. The molecular formula is C16H23NO4. The van der Waals surface area contributed by atoms with Crippen molar-refractivity contribution < 1.29 is 19.4 Å². The fourth-order valence-corrected chi connectivity index (χ4v) is 2.40. The van der Waals surface area contributed by atoms with Gasteiger partial charge in [0.2, 0.25) is 0 Å². The first kappa shape index (κ1) is 15.8. The van der Waals surface area contributed by atoms with Crippen LogP contribution in [0, 0.1) is 6.92 Å². The molecule has 1 aromatic rings. The number of methoxy groups -OCH3 is 2. The van der Waals surface area contributed by atoms with Gasteiger partial charge in [-0.1, -0.05) is 6.07 Å². The standard InChI is InChI=1S/C16H23NO4/c1-10-8-12(20-2)6-7-13(10)16(19)14(9-15(18)21-3)17-11-4-5-11/h6-8,11,14,16-17,19H,4-5,9H2,1-3H3. The number of carbonyl (C=O) groups excluding carboxylic acids is 1. The van der Waals surface area contributed by atoms with Crippen molar-refractivity contribution in [3.8, 4) is 5.75 Å². The van der Waals surface area contributed by atoms with Gasteiger partial charge < -0.3 is 19.9 Å². The minimum atomic E-state index is -0.754. The predicted molar refractivity (Wildman–Crippen MR) is 79.3 cm³/mol. The maximum absolute atomic E-state index is 11.6. The van der Waals surface area contributed by atoms with Crippen molar-refractivity contribution in [2.24, 2.45) is 0 Å². The molecule has 0 heterocycles. The largest absolute Gasteiger partial charge is 0.497 e. The van der Waals surface area contributed by atoms with Crippen LogP contribution in [0.4, 0.5) is 0 Å². The number of aryl methyl sites for hydroxylation is 1. The van der Waals surface area contributed by atoms with Gasteiger partial charge in [0.25, 0.3) is 0 Å². The van der Waals surface area contributed by atoms with Gasteiger partial charge in [0.05, 0.1) is 26.7 Å². The van der Waals surface area contributed by atoms with Crippen LogP contribution in [-0.2, 0) is 9.53 Å². The summed E-state index contributed by atoms with van der Waals surface area (Å²) in [6, 6.07) is 5.60. The molecule has 1 aromatic carbocycles. The van der Waals surface area contributed by atoms with Gasteiger partial charge >= 0.3 is 5.97 Å². The number of hydrogen-bond donors (Lipinski definition) is 2. The first-order chi connectivity index (χ1) is 10.0. The van der Waals surface area contributed by atoms with E-state index in [0.717, 1.165) is 29.7 Å². The zero-order chi connectivity index (χ0) is 15.4. The fourth-order valence-electron chi connectivity index (χ4n) is 2.40. The summed E-state index contributed by atoms with van der Waals surface area (Å²) in [5.74, 6) is 0.432. The van der Waals surface area contributed by atoms with Gasteiger partial charge in [0.1, 0.15) is 5.75 Å². The lowest BCUT2D eigenvalue weighted by Crippen LogP contribution is -2.38. The zero-order valence-electron chi connectivity index (χ0n) is 12.8. The first-order valence-electron chi connectivity index (χ1n) is 7.20. The molecule has 0 amide bonds. The van der Waals surface area contributed by atoms with Crippen molar-refractivity contribution in [3.05, 3.63) is 29.3 Å². The van der Waals surface area contributed by atoms with E-state index >= 15 is 0 Å². The monoisotopic (exact) mass is 293 g/mol. The highest BCUT2D eigenvalue weighted by Crippen LogP contribution is 2.29. The van der Waals surface area contributed by atoms with Gasteiger partial charge in [-0.3, -0.25) is 4.79 Å². The van der Waals surface area contributed by atoms with E-state index in [1.54, 1.807) is 7.11 Å². The average molecular weight is 293 g/mol. The molecule has 2 atom stereocenters. The SMILES string of the molecule is COC(=O)CC(NC1CC1)C(O)c1ccc(OC)cc1C. The molecule has 2 unspecified atom stereocenters. The van der Waals surface area contributed by atoms with Crippen molar-refractivity contribution in [1.29, 1.82) is 0 Å². The van der Waals surface area contributed by atoms with Crippen LogP contribution in [0.3, 0.4) is 0 Å². The second-order valence-corrected chi connectivity index (χ2v) is 5.50. The minimum absolute atomic E-state index is 0.152. The number of hydrogen-bond acceptors (Lipinski definition) is 5. The van der Waals surface area contributed by atoms with E-state index < -0.39 is 6.10 Å². The van der Waals surface area contributed by atoms with Crippen LogP contribution in [0.25, 0.3) is 0 Å². The normalized spacial score (nSPS) is 17.1. The Morgan fingerprint density at radius 1 is 1.43 bits per heavy atom. The lowest BCUT2D eigenvalue weighted by atomic mass is 9.95. The Labute approximate surface area is 125 Å². The average Bonchev–Trinajstić information content (AvgIpc) is 3.29. The summed E-state index contributed by atoms with van der Waals surface area (Å²) in [5, 5.41) is 14.0. The van der Waals surface area contributed by atoms with Crippen LogP contribution in [-0.4, -0.2) is 37.4 Å². The summed E-state index contributed by atoms with van der Waals surface area (Å²) in [4.78, 5) is 11.6. The second-order valence-electron chi connectivity index (χ2n) is 5.50. The topological polar surface area (TPSA) is 67.8 Å². The molecule has 2 rings (SSSR count). The molecule has 1 aliphatic carbocycles. The number of aliphatic hydroxyl groups excluding tert-OH is 1. The van der Waals surface area contributed by atoms with Gasteiger partial charge in [-0.25, -0.2) is 0 Å². The van der Waals surface area contributed by atoms with Crippen LogP contribution in [0.5, 0.6) is 5.75 Å². The van der Waals surface area contributed by atoms with E-state index in [2.05, 4.69) is 5.32 Å². The van der Waals surface area contributed by atoms with Crippen LogP contribution in [0.2, 0.25) is 0 Å². The Hall–Kier alpha value is -1.59. The summed E-state index contributed by atoms with van der Waals surface area (Å²) in [6.07, 6.45) is 1.58. The summed E-state index contributed by atoms with van der Waals surface area (Å²) < 4.78 is 9.90. The van der Waals surface area contributed by atoms with E-state index in [-0.39, 0.29) is 18.4 Å². The van der Waals surface area contributed by atoms with Crippen molar-refractivity contribution >= 4 is 5.97 Å². The molecule has 1 aliphatic rings. The lowest BCUT2D eigenvalue weighted by molar-refractivity contribution is -0.142. The van der Waals surface area contributed by atoms with Crippen LogP contribution >= 0.6 is 0 Å². The van der Waals surface area contributed by atoms with Gasteiger partial charge in [-0.15, -0.1) is 0 Å². The number of ether oxygens (including phenoxy) is 2. The number of nitrogens with one attached hydrogen (secondary N) is 1. The summed E-state index contributed by atoms with van der Waals surface area (Å²) in [7, 11) is 2.97. The Morgan fingerprint density at radius 3 is 2.67 bits per heavy atom. The maximum Gasteiger partial charge on any atom is 0.307 e. The molecule has 0 spiro atoms. The number of carbonyl (C=O) groups is 1. The van der Waals surface area contributed by atoms with Gasteiger partial charge in [0, 0.05) is 12.1 Å². The Bertz CT molecular complexity index is 499. The van der Waals surface area contributed by atoms with E-state index in [4.69, 9.17) is 9.47 Å². The Kier molecular flexibility index (Phi) is 5.20. The Morgan fingerprint density at radius 2 is 2.14 bits per heavy atom. The lowest BCUT2D eigenvalue weighted by Gasteiger charge is -2.25. The number of benzene rings is 1. The molecule has 5 heteroatoms. The van der Waals surface area contributed by atoms with E-state index in [9.17, 15) is 9.90 Å². The molecular weight excluding hydrogens is 270 g/mol. The number of rotatable bonds is 7. The van der Waals surface area contributed by atoms with E-state index in [1.807, 2.05) is 25.1 Å². The maximum atomic E-state index is 11.6. The van der Waals surface area contributed by atoms with Crippen molar-refractivity contribution in [3.63, 3.8) is 0 Å². The quantitative estimate of drug-likeness (QED) is 0.749. The molecule has 1 saturated carbocycles. The molecule has 21 heavy (non-hydrogen) atoms. The molecule has 0 aliphatic heterocycles. The molecule has 2 N–H and O–H groups in total. The van der Waals surface area contributed by atoms with Gasteiger partial charge in [0.15, 0.2) is 0 Å². The highest BCUT2D eigenvalue weighted by molar-refractivity contribution is 5.70. The predicted octanol–water partition coefficient (Wildman–Crippen LogP) is 1.72. The number of aliphatic hydroxyl groups is 1. The first-order valence-corrected chi connectivity index (χ1v) is 7.20. The van der Waals surface area contributed by atoms with Crippen molar-refractivity contribution in [2.45, 2.75) is 44.4 Å². The third kappa shape index (κ3) is 4.19. The van der Waals surface area contributed by atoms with E-state index in [0.29, 0.717) is 6.04 Å². The molecule has 1 fully saturated rings. The summed E-state index contributed by atoms with van der Waals surface area (Å²) in [6.45, 7) is 1.92. The minimum Gasteiger partial charge on any atom is -0.497 e. The van der Waals surface area contributed by atoms with Crippen molar-refractivity contribution in [2.75, 3.05) is 14.2 Å². The molecule has 5 nitrogen and oxygen atoms in total. The number of esters is 1. The second kappa shape index (κ2) is 6.91. The summed E-state index contributed by atoms with van der Waals surface area (Å²) >= 11 is 0. The fraction of sp³-hybridized carbons (Fsp3) is 0.562. The smallest absolute Gasteiger partial charge is 0.307 e. The zero-order valence-corrected chi connectivity index (χ0v) is 12.8. The third-order valence-electron chi connectivity index (χ3n) is 3.82. The van der Waals surface area contributed by atoms with Crippen LogP contribution in [0.15, 0.2) is 18.2 Å². The molecule has 0 saturated heterocycles. The van der Waals surface area contributed by atoms with Crippen molar-refractivity contribution in [1.82, 2.24) is 5.32 Å². The van der Waals surface area contributed by atoms with E-state index in [1.165, 1.54) is 7.11 Å². The van der Waals surface area contributed by atoms with Crippen LogP contribution in [0.1, 0.15) is 36.5 Å². The summed E-state index contributed by atoms with van der Waals surface area (Å²) in [5.41, 5.74) is 1.74. The third-order valence-corrected chi connectivity index (χ3v) is 3.82. The molecule has 0 radical (unpaired) electrons. The molecule has 116 valence electrons. The highest BCUT2D eigenvalue weighted by atomic mass is 16.5. The Balaban J connectivity index is 2.15.